The second-order valence-electron chi connectivity index (χ2n) is 6.14. The number of nitrogens with zero attached hydrogens (tertiary/aromatic N) is 1. The maximum Gasteiger partial charge on any atom is 0.255 e. The summed E-state index contributed by atoms with van der Waals surface area (Å²) in [6.07, 6.45) is 2.01. The Labute approximate surface area is 152 Å². The maximum absolute atomic E-state index is 11.2. The average Bonchev–Trinajstić information content (AvgIpc) is 2.52. The molecule has 2 amide bonds. The first-order valence-corrected chi connectivity index (χ1v) is 8.53. The highest BCUT2D eigenvalue weighted by Gasteiger charge is 2.21. The number of methoxy groups -OCH3 is 1. The van der Waals surface area contributed by atoms with E-state index >= 15 is 0 Å². The van der Waals surface area contributed by atoms with E-state index in [9.17, 15) is 9.59 Å². The molecule has 138 valence electrons. The van der Waals surface area contributed by atoms with Crippen LogP contribution in [-0.2, 0) is 16.1 Å². The fraction of sp³-hybridized carbons (Fsp3) is 0.529. The summed E-state index contributed by atoms with van der Waals surface area (Å²) in [4.78, 5) is 24.4. The van der Waals surface area contributed by atoms with Gasteiger partial charge in [0.15, 0.2) is 18.1 Å². The topological polar surface area (TPSA) is 93.9 Å². The van der Waals surface area contributed by atoms with E-state index in [0.29, 0.717) is 23.1 Å². The van der Waals surface area contributed by atoms with Crippen LogP contribution in [0.4, 0.5) is 0 Å². The number of primary amides is 1. The molecule has 1 atom stereocenters. The van der Waals surface area contributed by atoms with Crippen molar-refractivity contribution in [3.63, 3.8) is 0 Å². The van der Waals surface area contributed by atoms with Crippen LogP contribution in [0.1, 0.15) is 25.3 Å². The van der Waals surface area contributed by atoms with Gasteiger partial charge in [0, 0.05) is 26.1 Å². The Balaban J connectivity index is 2.07. The van der Waals surface area contributed by atoms with Crippen molar-refractivity contribution in [3.05, 3.63) is 22.7 Å². The van der Waals surface area contributed by atoms with Gasteiger partial charge in [0.05, 0.1) is 12.1 Å². The molecule has 0 aliphatic carbocycles. The van der Waals surface area contributed by atoms with Crippen molar-refractivity contribution in [2.75, 3.05) is 26.8 Å². The fourth-order valence-corrected chi connectivity index (χ4v) is 3.30. The number of amides is 2. The second-order valence-corrected chi connectivity index (χ2v) is 6.55. The number of hydrogen-bond donors (Lipinski definition) is 2. The van der Waals surface area contributed by atoms with E-state index in [2.05, 4.69) is 10.2 Å². The number of piperidine rings is 1. The number of carbonyl (C=O) groups is 2. The summed E-state index contributed by atoms with van der Waals surface area (Å²) in [5, 5.41) is 3.34. The molecular formula is C17H24ClN3O4. The molecule has 0 radical (unpaired) electrons. The minimum absolute atomic E-state index is 0.00693. The van der Waals surface area contributed by atoms with E-state index in [1.165, 1.54) is 14.0 Å². The van der Waals surface area contributed by atoms with Gasteiger partial charge in [-0.3, -0.25) is 14.5 Å². The minimum Gasteiger partial charge on any atom is -0.493 e. The Morgan fingerprint density at radius 2 is 2.20 bits per heavy atom. The molecule has 1 aliphatic heterocycles. The molecule has 7 nitrogen and oxygen atoms in total. The van der Waals surface area contributed by atoms with Crippen molar-refractivity contribution in [1.29, 1.82) is 0 Å². The predicted molar refractivity (Wildman–Crippen MR) is 94.8 cm³/mol. The number of nitrogens with one attached hydrogen (secondary N) is 1. The van der Waals surface area contributed by atoms with Gasteiger partial charge in [0.25, 0.3) is 5.91 Å². The third-order valence-corrected chi connectivity index (χ3v) is 4.25. The van der Waals surface area contributed by atoms with E-state index in [-0.39, 0.29) is 18.6 Å². The number of nitrogens with two attached hydrogens (primary N) is 1. The van der Waals surface area contributed by atoms with Crippen LogP contribution < -0.4 is 20.5 Å². The number of benzene rings is 1. The van der Waals surface area contributed by atoms with E-state index in [0.717, 1.165) is 31.5 Å². The number of carbonyl (C=O) groups excluding carboxylic acids is 2. The van der Waals surface area contributed by atoms with Gasteiger partial charge in [0.1, 0.15) is 0 Å². The summed E-state index contributed by atoms with van der Waals surface area (Å²) in [6, 6.07) is 3.80. The van der Waals surface area contributed by atoms with E-state index in [1.807, 2.05) is 6.07 Å². The lowest BCUT2D eigenvalue weighted by Crippen LogP contribution is -2.46. The summed E-state index contributed by atoms with van der Waals surface area (Å²) in [5.41, 5.74) is 6.07. The summed E-state index contributed by atoms with van der Waals surface area (Å²) >= 11 is 6.28. The van der Waals surface area contributed by atoms with Gasteiger partial charge in [0.2, 0.25) is 5.91 Å². The molecule has 0 saturated carbocycles. The van der Waals surface area contributed by atoms with Crippen molar-refractivity contribution in [2.24, 2.45) is 5.73 Å². The van der Waals surface area contributed by atoms with Gasteiger partial charge in [-0.2, -0.15) is 0 Å². The highest BCUT2D eigenvalue weighted by atomic mass is 35.5. The Bertz CT molecular complexity index is 639. The van der Waals surface area contributed by atoms with E-state index in [4.69, 9.17) is 26.8 Å². The smallest absolute Gasteiger partial charge is 0.255 e. The molecule has 0 aromatic heterocycles. The van der Waals surface area contributed by atoms with Crippen molar-refractivity contribution in [3.8, 4) is 11.5 Å². The lowest BCUT2D eigenvalue weighted by molar-refractivity contribution is -0.120. The van der Waals surface area contributed by atoms with Crippen molar-refractivity contribution in [2.45, 2.75) is 32.4 Å². The SMILES string of the molecule is COc1cc(CN2CCC[C@H](NC(C)=O)C2)cc(Cl)c1OCC(N)=O. The Morgan fingerprint density at radius 1 is 1.44 bits per heavy atom. The zero-order chi connectivity index (χ0) is 18.4. The third kappa shape index (κ3) is 5.79. The van der Waals surface area contributed by atoms with E-state index < -0.39 is 5.91 Å². The van der Waals surface area contributed by atoms with Gasteiger partial charge >= 0.3 is 0 Å². The standard InChI is InChI=1S/C17H24ClN3O4/c1-11(22)20-13-4-3-5-21(9-13)8-12-6-14(18)17(15(7-12)24-2)25-10-16(19)23/h6-7,13H,3-5,8-10H2,1-2H3,(H2,19,23)(H,20,22)/t13-/m0/s1. The first kappa shape index (κ1) is 19.3. The number of rotatable bonds is 7. The fourth-order valence-electron chi connectivity index (χ4n) is 3.01. The summed E-state index contributed by atoms with van der Waals surface area (Å²) in [6.45, 7) is 3.70. The molecular weight excluding hydrogens is 346 g/mol. The molecule has 1 fully saturated rings. The quantitative estimate of drug-likeness (QED) is 0.755. The van der Waals surface area contributed by atoms with Crippen molar-refractivity contribution in [1.82, 2.24) is 10.2 Å². The molecule has 0 bridgehead atoms. The molecule has 1 aromatic rings. The summed E-state index contributed by atoms with van der Waals surface area (Å²) < 4.78 is 10.7. The molecule has 1 saturated heterocycles. The van der Waals surface area contributed by atoms with Crippen LogP contribution in [0.2, 0.25) is 5.02 Å². The van der Waals surface area contributed by atoms with Crippen LogP contribution in [-0.4, -0.2) is 49.6 Å². The summed E-state index contributed by atoms with van der Waals surface area (Å²) in [5.74, 6) is 0.174. The predicted octanol–water partition coefficient (Wildman–Crippen LogP) is 1.31. The normalized spacial score (nSPS) is 17.8. The number of likely N-dealkylation sites (tertiary alicyclic amines) is 1. The van der Waals surface area contributed by atoms with Crippen LogP contribution in [0.15, 0.2) is 12.1 Å². The molecule has 1 aliphatic rings. The number of ether oxygens (including phenoxy) is 2. The van der Waals surface area contributed by atoms with Crippen molar-refractivity contribution >= 4 is 23.4 Å². The van der Waals surface area contributed by atoms with Gasteiger partial charge in [-0.25, -0.2) is 0 Å². The van der Waals surface area contributed by atoms with Gasteiger partial charge < -0.3 is 20.5 Å². The molecule has 0 spiro atoms. The maximum atomic E-state index is 11.2. The molecule has 0 unspecified atom stereocenters. The van der Waals surface area contributed by atoms with E-state index in [1.54, 1.807) is 6.07 Å². The van der Waals surface area contributed by atoms with Crippen molar-refractivity contribution < 1.29 is 19.1 Å². The highest BCUT2D eigenvalue weighted by Crippen LogP contribution is 2.36. The van der Waals surface area contributed by atoms with Gasteiger partial charge in [-0.05, 0) is 37.1 Å². The average molecular weight is 370 g/mol. The zero-order valence-corrected chi connectivity index (χ0v) is 15.3. The third-order valence-electron chi connectivity index (χ3n) is 3.97. The van der Waals surface area contributed by atoms with Crippen LogP contribution in [0, 0.1) is 0 Å². The Hall–Kier alpha value is -1.99. The Kier molecular flexibility index (Phi) is 6.90. The minimum atomic E-state index is -0.584. The molecule has 8 heteroatoms. The van der Waals surface area contributed by atoms with Crippen LogP contribution >= 0.6 is 11.6 Å². The largest absolute Gasteiger partial charge is 0.493 e. The molecule has 25 heavy (non-hydrogen) atoms. The zero-order valence-electron chi connectivity index (χ0n) is 14.5. The molecule has 3 N–H and O–H groups in total. The lowest BCUT2D eigenvalue weighted by Gasteiger charge is -2.33. The monoisotopic (exact) mass is 369 g/mol. The van der Waals surface area contributed by atoms with Crippen LogP contribution in [0.5, 0.6) is 11.5 Å². The second kappa shape index (κ2) is 8.92. The lowest BCUT2D eigenvalue weighted by atomic mass is 10.0. The molecule has 1 heterocycles. The molecule has 1 aromatic carbocycles. The number of hydrogen-bond acceptors (Lipinski definition) is 5. The highest BCUT2D eigenvalue weighted by molar-refractivity contribution is 6.32. The van der Waals surface area contributed by atoms with Gasteiger partial charge in [-0.15, -0.1) is 0 Å². The Morgan fingerprint density at radius 3 is 2.84 bits per heavy atom. The summed E-state index contributed by atoms with van der Waals surface area (Å²) in [7, 11) is 1.51. The first-order valence-electron chi connectivity index (χ1n) is 8.16. The number of halogens is 1. The molecule has 2 rings (SSSR count). The van der Waals surface area contributed by atoms with Crippen LogP contribution in [0.3, 0.4) is 0 Å². The van der Waals surface area contributed by atoms with Gasteiger partial charge in [-0.1, -0.05) is 11.6 Å². The van der Waals surface area contributed by atoms with Crippen LogP contribution in [0.25, 0.3) is 0 Å². The first-order chi connectivity index (χ1) is 11.9.